The van der Waals surface area contributed by atoms with Gasteiger partial charge >= 0.3 is 0 Å². The van der Waals surface area contributed by atoms with Crippen molar-refractivity contribution in [2.45, 2.75) is 26.7 Å². The zero-order chi connectivity index (χ0) is 20.0. The van der Waals surface area contributed by atoms with Gasteiger partial charge < -0.3 is 15.0 Å². The Morgan fingerprint density at radius 3 is 2.93 bits per heavy atom. The van der Waals surface area contributed by atoms with Gasteiger partial charge in [0, 0.05) is 18.3 Å². The minimum absolute atomic E-state index is 0.0296. The van der Waals surface area contributed by atoms with Crippen LogP contribution in [0.4, 0.5) is 22.3 Å². The summed E-state index contributed by atoms with van der Waals surface area (Å²) in [5, 5.41) is 4.19. The highest BCUT2D eigenvalue weighted by molar-refractivity contribution is 7.17. The summed E-state index contributed by atoms with van der Waals surface area (Å²) in [7, 11) is 0. The van der Waals surface area contributed by atoms with Gasteiger partial charge in [-0.3, -0.25) is 4.79 Å². The number of hydrogen-bond donors (Lipinski definition) is 1. The number of aromatic nitrogens is 2. The van der Waals surface area contributed by atoms with Gasteiger partial charge in [0.05, 0.1) is 22.8 Å². The molecule has 2 aliphatic rings. The highest BCUT2D eigenvalue weighted by Crippen LogP contribution is 2.44. The Balaban J connectivity index is 1.49. The average molecular weight is 407 g/mol. The van der Waals surface area contributed by atoms with Crippen LogP contribution in [0.25, 0.3) is 0 Å². The Morgan fingerprint density at radius 1 is 1.21 bits per heavy atom. The number of rotatable bonds is 3. The zero-order valence-electron chi connectivity index (χ0n) is 16.4. The van der Waals surface area contributed by atoms with Crippen LogP contribution in [-0.4, -0.2) is 28.9 Å². The number of fused-ring (bicyclic) bond motifs is 2. The molecule has 6 nitrogen and oxygen atoms in total. The van der Waals surface area contributed by atoms with Gasteiger partial charge in [-0.05, 0) is 42.2 Å². The molecule has 0 fully saturated rings. The number of carbonyl (C=O) groups is 1. The van der Waals surface area contributed by atoms with Crippen LogP contribution in [0, 0.1) is 5.41 Å². The Labute approximate surface area is 173 Å². The van der Waals surface area contributed by atoms with Crippen LogP contribution in [0.15, 0.2) is 42.6 Å². The number of thiazole rings is 1. The van der Waals surface area contributed by atoms with Gasteiger partial charge in [-0.1, -0.05) is 31.3 Å². The fourth-order valence-electron chi connectivity index (χ4n) is 3.90. The van der Waals surface area contributed by atoms with E-state index in [9.17, 15) is 4.79 Å². The molecule has 0 atom stereocenters. The van der Waals surface area contributed by atoms with E-state index in [-0.39, 0.29) is 11.2 Å². The lowest BCUT2D eigenvalue weighted by atomic mass is 9.78. The van der Waals surface area contributed by atoms with E-state index in [1.165, 1.54) is 11.3 Å². The van der Waals surface area contributed by atoms with E-state index < -0.39 is 0 Å². The molecule has 3 aromatic rings. The predicted molar refractivity (Wildman–Crippen MR) is 115 cm³/mol. The van der Waals surface area contributed by atoms with Crippen LogP contribution in [-0.2, 0) is 6.42 Å². The van der Waals surface area contributed by atoms with Gasteiger partial charge in [-0.25, -0.2) is 9.97 Å². The van der Waals surface area contributed by atoms with Gasteiger partial charge in [0.25, 0.3) is 0 Å². The predicted octanol–water partition coefficient (Wildman–Crippen LogP) is 4.97. The molecule has 0 unspecified atom stereocenters. The molecule has 29 heavy (non-hydrogen) atoms. The Morgan fingerprint density at radius 2 is 2.10 bits per heavy atom. The van der Waals surface area contributed by atoms with E-state index in [1.54, 1.807) is 6.20 Å². The molecule has 1 aliphatic carbocycles. The largest absolute Gasteiger partial charge is 0.490 e. The summed E-state index contributed by atoms with van der Waals surface area (Å²) >= 11 is 1.50. The molecule has 2 aromatic heterocycles. The molecule has 7 heteroatoms. The molecular weight excluding hydrogens is 384 g/mol. The number of Topliss-reactive ketones (excluding diaryl/α,β-unsaturated/α-hetero) is 1. The number of nitrogens with one attached hydrogen (secondary N) is 1. The minimum atomic E-state index is -0.0296. The van der Waals surface area contributed by atoms with Gasteiger partial charge in [-0.15, -0.1) is 0 Å². The van der Waals surface area contributed by atoms with Crippen molar-refractivity contribution in [3.8, 4) is 5.75 Å². The van der Waals surface area contributed by atoms with Crippen molar-refractivity contribution in [3.63, 3.8) is 0 Å². The van der Waals surface area contributed by atoms with E-state index in [4.69, 9.17) is 9.72 Å². The smallest absolute Gasteiger partial charge is 0.190 e. The highest BCUT2D eigenvalue weighted by Gasteiger charge is 2.35. The first-order chi connectivity index (χ1) is 14.0. The number of hydrogen-bond acceptors (Lipinski definition) is 7. The maximum absolute atomic E-state index is 12.6. The Kier molecular flexibility index (Phi) is 4.28. The topological polar surface area (TPSA) is 67.3 Å². The summed E-state index contributed by atoms with van der Waals surface area (Å²) < 4.78 is 5.86. The standard InChI is InChI=1S/C22H22N4O2S/c1-22(2)12-15-20(17(27)13-22)29-21(25-15)26-9-10-28-18-7-6-14(11-16(18)26)24-19-5-3-4-8-23-19/h3-8,11H,9-10,12-13H2,1-2H3,(H,23,24). The average Bonchev–Trinajstić information content (AvgIpc) is 3.11. The third kappa shape index (κ3) is 3.46. The van der Waals surface area contributed by atoms with E-state index in [1.807, 2.05) is 30.3 Å². The molecule has 1 aliphatic heterocycles. The quantitative estimate of drug-likeness (QED) is 0.663. The molecule has 1 N–H and O–H groups in total. The molecule has 0 saturated heterocycles. The van der Waals surface area contributed by atoms with Crippen molar-refractivity contribution in [2.75, 3.05) is 23.4 Å². The Hall–Kier alpha value is -2.93. The van der Waals surface area contributed by atoms with Crippen molar-refractivity contribution in [1.82, 2.24) is 9.97 Å². The van der Waals surface area contributed by atoms with Gasteiger partial charge in [-0.2, -0.15) is 0 Å². The molecule has 0 bridgehead atoms. The SMILES string of the molecule is CC1(C)CC(=O)c2sc(N3CCOc4ccc(Nc5ccccn5)cc43)nc2C1. The molecule has 1 aromatic carbocycles. The minimum Gasteiger partial charge on any atom is -0.490 e. The molecule has 148 valence electrons. The third-order valence-electron chi connectivity index (χ3n) is 5.21. The maximum atomic E-state index is 12.6. The Bertz CT molecular complexity index is 1080. The summed E-state index contributed by atoms with van der Waals surface area (Å²) in [6, 6.07) is 11.8. The first kappa shape index (κ1) is 18.1. The second-order valence-electron chi connectivity index (χ2n) is 8.24. The molecule has 0 saturated carbocycles. The van der Waals surface area contributed by atoms with E-state index in [0.717, 1.165) is 45.1 Å². The van der Waals surface area contributed by atoms with Gasteiger partial charge in [0.2, 0.25) is 0 Å². The first-order valence-corrected chi connectivity index (χ1v) is 10.6. The van der Waals surface area contributed by atoms with Gasteiger partial charge in [0.15, 0.2) is 10.9 Å². The van der Waals surface area contributed by atoms with E-state index >= 15 is 0 Å². The van der Waals surface area contributed by atoms with Crippen LogP contribution < -0.4 is 15.0 Å². The molecule has 5 rings (SSSR count). The summed E-state index contributed by atoms with van der Waals surface area (Å²) in [5.74, 6) is 1.81. The van der Waals surface area contributed by atoms with Crippen molar-refractivity contribution in [2.24, 2.45) is 5.41 Å². The first-order valence-electron chi connectivity index (χ1n) is 9.74. The van der Waals surface area contributed by atoms with Gasteiger partial charge in [0.1, 0.15) is 18.2 Å². The van der Waals surface area contributed by atoms with Crippen LogP contribution in [0.3, 0.4) is 0 Å². The molecule has 3 heterocycles. The van der Waals surface area contributed by atoms with Crippen molar-refractivity contribution in [1.29, 1.82) is 0 Å². The van der Waals surface area contributed by atoms with Crippen LogP contribution in [0.1, 0.15) is 35.6 Å². The maximum Gasteiger partial charge on any atom is 0.190 e. The third-order valence-corrected chi connectivity index (χ3v) is 6.38. The monoisotopic (exact) mass is 406 g/mol. The number of anilines is 4. The number of benzene rings is 1. The normalized spacial score (nSPS) is 17.3. The molecular formula is C22H22N4O2S. The summed E-state index contributed by atoms with van der Waals surface area (Å²) in [6.07, 6.45) is 3.18. The second-order valence-corrected chi connectivity index (χ2v) is 9.21. The fraction of sp³-hybridized carbons (Fsp3) is 0.318. The number of nitrogens with zero attached hydrogens (tertiary/aromatic N) is 3. The number of ether oxygens (including phenoxy) is 1. The fourth-order valence-corrected chi connectivity index (χ4v) is 4.96. The second kappa shape index (κ2) is 6.84. The van der Waals surface area contributed by atoms with E-state index in [2.05, 4.69) is 35.1 Å². The summed E-state index contributed by atoms with van der Waals surface area (Å²) in [4.78, 5) is 24.8. The van der Waals surface area contributed by atoms with Crippen LogP contribution in [0.2, 0.25) is 0 Å². The van der Waals surface area contributed by atoms with Crippen molar-refractivity contribution >= 4 is 39.4 Å². The van der Waals surface area contributed by atoms with Crippen LogP contribution in [0.5, 0.6) is 5.75 Å². The lowest BCUT2D eigenvalue weighted by Gasteiger charge is -2.29. The van der Waals surface area contributed by atoms with Crippen LogP contribution >= 0.6 is 11.3 Å². The highest BCUT2D eigenvalue weighted by atomic mass is 32.1. The number of ketones is 1. The van der Waals surface area contributed by atoms with E-state index in [0.29, 0.717) is 19.6 Å². The molecule has 0 spiro atoms. The number of pyridine rings is 1. The molecule has 0 amide bonds. The van der Waals surface area contributed by atoms with Crippen molar-refractivity contribution in [3.05, 3.63) is 53.2 Å². The lowest BCUT2D eigenvalue weighted by molar-refractivity contribution is 0.0916. The number of carbonyl (C=O) groups excluding carboxylic acids is 1. The lowest BCUT2D eigenvalue weighted by Crippen LogP contribution is -2.28. The summed E-state index contributed by atoms with van der Waals surface area (Å²) in [5.41, 5.74) is 2.78. The molecule has 0 radical (unpaired) electrons. The van der Waals surface area contributed by atoms with Crippen molar-refractivity contribution < 1.29 is 9.53 Å². The zero-order valence-corrected chi connectivity index (χ0v) is 17.3. The summed E-state index contributed by atoms with van der Waals surface area (Å²) in [6.45, 7) is 5.55.